The second-order valence-electron chi connectivity index (χ2n) is 10.1. The molecule has 230 valence electrons. The zero-order chi connectivity index (χ0) is 31.3. The van der Waals surface area contributed by atoms with Crippen molar-refractivity contribution in [2.45, 2.75) is 40.7 Å². The Bertz CT molecular complexity index is 1680. The Morgan fingerprint density at radius 2 is 1.67 bits per heavy atom. The third kappa shape index (κ3) is 6.56. The van der Waals surface area contributed by atoms with Crippen LogP contribution >= 0.6 is 11.3 Å². The number of thiazole rings is 1. The van der Waals surface area contributed by atoms with Crippen LogP contribution in [0.2, 0.25) is 0 Å². The van der Waals surface area contributed by atoms with Gasteiger partial charge < -0.3 is 28.4 Å². The van der Waals surface area contributed by atoms with Crippen LogP contribution in [-0.2, 0) is 9.53 Å². The van der Waals surface area contributed by atoms with Gasteiger partial charge >= 0.3 is 5.97 Å². The monoisotopic (exact) mass is 610 g/mol. The summed E-state index contributed by atoms with van der Waals surface area (Å²) >= 11 is 1.23. The topological polar surface area (TPSA) is 107 Å². The molecule has 1 aromatic heterocycles. The molecule has 43 heavy (non-hydrogen) atoms. The van der Waals surface area contributed by atoms with Crippen LogP contribution in [0.5, 0.6) is 28.7 Å². The molecule has 3 aromatic rings. The van der Waals surface area contributed by atoms with Crippen molar-refractivity contribution in [1.82, 2.24) is 4.57 Å². The number of ether oxygens (including phenoxy) is 6. The van der Waals surface area contributed by atoms with Crippen molar-refractivity contribution < 1.29 is 33.2 Å². The second-order valence-corrected chi connectivity index (χ2v) is 11.1. The summed E-state index contributed by atoms with van der Waals surface area (Å²) in [6.45, 7) is 10.7. The molecule has 1 atom stereocenters. The van der Waals surface area contributed by atoms with Gasteiger partial charge in [-0.3, -0.25) is 9.36 Å². The van der Waals surface area contributed by atoms with E-state index in [1.54, 1.807) is 32.1 Å². The predicted molar refractivity (Wildman–Crippen MR) is 164 cm³/mol. The maximum Gasteiger partial charge on any atom is 0.338 e. The van der Waals surface area contributed by atoms with Crippen molar-refractivity contribution in [1.29, 1.82) is 0 Å². The first-order valence-electron chi connectivity index (χ1n) is 14.1. The van der Waals surface area contributed by atoms with Gasteiger partial charge in [0.25, 0.3) is 5.56 Å². The third-order valence-electron chi connectivity index (χ3n) is 6.66. The number of nitrogens with zero attached hydrogens (tertiary/aromatic N) is 2. The molecular weight excluding hydrogens is 572 g/mol. The molecule has 0 saturated carbocycles. The van der Waals surface area contributed by atoms with Gasteiger partial charge in [-0.2, -0.15) is 0 Å². The van der Waals surface area contributed by atoms with E-state index in [1.807, 2.05) is 25.1 Å². The van der Waals surface area contributed by atoms with Gasteiger partial charge in [-0.25, -0.2) is 9.79 Å². The first kappa shape index (κ1) is 31.7. The lowest BCUT2D eigenvalue weighted by atomic mass is 9.95. The van der Waals surface area contributed by atoms with E-state index in [4.69, 9.17) is 28.4 Å². The molecule has 11 heteroatoms. The predicted octanol–water partition coefficient (Wildman–Crippen LogP) is 4.26. The minimum atomic E-state index is -0.850. The number of fused-ring (bicyclic) bond motifs is 1. The van der Waals surface area contributed by atoms with Crippen LogP contribution in [-0.4, -0.2) is 51.7 Å². The van der Waals surface area contributed by atoms with E-state index in [1.165, 1.54) is 37.2 Å². The molecule has 2 heterocycles. The summed E-state index contributed by atoms with van der Waals surface area (Å²) in [5.74, 6) is 2.21. The lowest BCUT2D eigenvalue weighted by Gasteiger charge is -2.26. The third-order valence-corrected chi connectivity index (χ3v) is 7.64. The molecule has 10 nitrogen and oxygen atoms in total. The highest BCUT2D eigenvalue weighted by Gasteiger charge is 2.34. The average molecular weight is 611 g/mol. The highest BCUT2D eigenvalue weighted by Crippen LogP contribution is 2.42. The molecular formula is C32H38N2O8S. The fourth-order valence-electron chi connectivity index (χ4n) is 4.78. The van der Waals surface area contributed by atoms with Gasteiger partial charge in [0.15, 0.2) is 27.8 Å². The molecule has 0 spiro atoms. The van der Waals surface area contributed by atoms with Crippen LogP contribution < -0.4 is 38.6 Å². The van der Waals surface area contributed by atoms with Crippen LogP contribution in [0.15, 0.2) is 51.4 Å². The van der Waals surface area contributed by atoms with Crippen molar-refractivity contribution in [3.63, 3.8) is 0 Å². The molecule has 2 aromatic carbocycles. The van der Waals surface area contributed by atoms with Gasteiger partial charge in [0.2, 0.25) is 5.75 Å². The Kier molecular flexibility index (Phi) is 10.2. The lowest BCUT2D eigenvalue weighted by molar-refractivity contribution is -0.139. The molecule has 4 rings (SSSR count). The minimum Gasteiger partial charge on any atom is -0.493 e. The van der Waals surface area contributed by atoms with Crippen molar-refractivity contribution >= 4 is 23.4 Å². The number of hydrogen-bond acceptors (Lipinski definition) is 10. The quantitative estimate of drug-likeness (QED) is 0.280. The highest BCUT2D eigenvalue weighted by atomic mass is 32.1. The number of esters is 1. The van der Waals surface area contributed by atoms with Crippen molar-refractivity contribution in [3.8, 4) is 28.7 Å². The number of methoxy groups -OCH3 is 3. The molecule has 0 fully saturated rings. The first-order chi connectivity index (χ1) is 20.7. The van der Waals surface area contributed by atoms with Crippen LogP contribution in [0.4, 0.5) is 0 Å². The van der Waals surface area contributed by atoms with Crippen LogP contribution in [0.25, 0.3) is 6.08 Å². The Hall–Kier alpha value is -4.25. The number of carbonyl (C=O) groups is 1. The average Bonchev–Trinajstić information content (AvgIpc) is 3.28. The zero-order valence-corrected chi connectivity index (χ0v) is 26.6. The number of aromatic nitrogens is 1. The molecule has 0 radical (unpaired) electrons. The summed E-state index contributed by atoms with van der Waals surface area (Å²) in [5.41, 5.74) is 1.73. The molecule has 1 aliphatic heterocycles. The molecule has 0 aliphatic carbocycles. The molecule has 1 aliphatic rings. The fourth-order valence-corrected chi connectivity index (χ4v) is 5.82. The maximum atomic E-state index is 14.1. The SMILES string of the molecule is CCOC(=O)C1=C(C)N=c2s/c(=C\c3ccc(OCC(C)C)c(OCC)c3)c(=O)n2[C@@H]1c1cc(OC)c(OC)c(OC)c1. The molecule has 0 bridgehead atoms. The highest BCUT2D eigenvalue weighted by molar-refractivity contribution is 7.07. The van der Waals surface area contributed by atoms with E-state index in [0.29, 0.717) is 68.5 Å². The van der Waals surface area contributed by atoms with Gasteiger partial charge in [-0.05, 0) is 68.2 Å². The van der Waals surface area contributed by atoms with Crippen molar-refractivity contribution in [3.05, 3.63) is 72.4 Å². The van der Waals surface area contributed by atoms with Crippen molar-refractivity contribution in [2.75, 3.05) is 41.2 Å². The van der Waals surface area contributed by atoms with Crippen LogP contribution in [0, 0.1) is 5.92 Å². The molecule has 0 saturated heterocycles. The normalized spacial score (nSPS) is 14.7. The van der Waals surface area contributed by atoms with Crippen LogP contribution in [0.1, 0.15) is 51.8 Å². The number of allylic oxidation sites excluding steroid dienone is 1. The minimum absolute atomic E-state index is 0.168. The van der Waals surface area contributed by atoms with Crippen LogP contribution in [0.3, 0.4) is 0 Å². The Labute approximate surface area is 254 Å². The smallest absolute Gasteiger partial charge is 0.338 e. The summed E-state index contributed by atoms with van der Waals surface area (Å²) in [4.78, 5) is 32.5. The van der Waals surface area contributed by atoms with E-state index in [0.717, 1.165) is 5.56 Å². The standard InChI is InChI=1S/C32H38N2O8S/c1-9-40-23-13-20(11-12-22(23)42-17-18(3)4)14-26-30(35)34-28(21-15-24(37-6)29(39-8)25(16-21)38-7)27(31(36)41-10-2)19(5)33-32(34)43-26/h11-16,18,28H,9-10,17H2,1-8H3/b26-14-/t28-/m1/s1. The Morgan fingerprint density at radius 3 is 2.26 bits per heavy atom. The summed E-state index contributed by atoms with van der Waals surface area (Å²) < 4.78 is 35.8. The molecule has 0 N–H and O–H groups in total. The van der Waals surface area contributed by atoms with Gasteiger partial charge in [-0.1, -0.05) is 31.3 Å². The molecule has 0 unspecified atom stereocenters. The fraction of sp³-hybridized carbons (Fsp3) is 0.406. The van der Waals surface area contributed by atoms with Gasteiger partial charge in [0.05, 0.1) is 63.0 Å². The number of carbonyl (C=O) groups excluding carboxylic acids is 1. The van der Waals surface area contributed by atoms with Gasteiger partial charge in [0, 0.05) is 0 Å². The van der Waals surface area contributed by atoms with Gasteiger partial charge in [-0.15, -0.1) is 0 Å². The van der Waals surface area contributed by atoms with E-state index in [-0.39, 0.29) is 17.7 Å². The summed E-state index contributed by atoms with van der Waals surface area (Å²) in [6.07, 6.45) is 1.79. The van der Waals surface area contributed by atoms with Gasteiger partial charge in [0.1, 0.15) is 0 Å². The number of rotatable bonds is 12. The maximum absolute atomic E-state index is 14.1. The Balaban J connectivity index is 1.92. The van der Waals surface area contributed by atoms with E-state index in [2.05, 4.69) is 18.8 Å². The second kappa shape index (κ2) is 13.8. The zero-order valence-electron chi connectivity index (χ0n) is 25.8. The van der Waals surface area contributed by atoms with Crippen molar-refractivity contribution in [2.24, 2.45) is 10.9 Å². The summed E-state index contributed by atoms with van der Waals surface area (Å²) in [6, 6.07) is 8.18. The summed E-state index contributed by atoms with van der Waals surface area (Å²) in [7, 11) is 4.53. The van der Waals surface area contributed by atoms with E-state index < -0.39 is 12.0 Å². The van der Waals surface area contributed by atoms with E-state index in [9.17, 15) is 9.59 Å². The number of benzene rings is 2. The summed E-state index contributed by atoms with van der Waals surface area (Å²) in [5, 5.41) is 0. The Morgan fingerprint density at radius 1 is 0.977 bits per heavy atom. The lowest BCUT2D eigenvalue weighted by Crippen LogP contribution is -2.40. The number of hydrogen-bond donors (Lipinski definition) is 0. The largest absolute Gasteiger partial charge is 0.493 e. The first-order valence-corrected chi connectivity index (χ1v) is 14.9. The molecule has 0 amide bonds. The van der Waals surface area contributed by atoms with E-state index >= 15 is 0 Å².